The number of hydrogen-bond donors (Lipinski definition) is 0. The molecule has 1 fully saturated rings. The number of hydrogen-bond acceptors (Lipinski definition) is 2. The Kier molecular flexibility index (Phi) is 16.3. The highest BCUT2D eigenvalue weighted by atomic mass is 32.2. The Balaban J connectivity index is 1.88. The summed E-state index contributed by atoms with van der Waals surface area (Å²) in [6.45, 7) is 7.76. The molecule has 1 aliphatic rings. The molecule has 2 atom stereocenters. The van der Waals surface area contributed by atoms with E-state index in [1.807, 2.05) is 11.8 Å². The lowest BCUT2D eigenvalue weighted by Gasteiger charge is -2.39. The van der Waals surface area contributed by atoms with Crippen molar-refractivity contribution in [3.8, 4) is 0 Å². The molecule has 1 amide bonds. The van der Waals surface area contributed by atoms with Gasteiger partial charge in [0.05, 0.1) is 0 Å². The van der Waals surface area contributed by atoms with Gasteiger partial charge in [0.15, 0.2) is 0 Å². The average Bonchev–Trinajstić information content (AvgIpc) is 2.70. The van der Waals surface area contributed by atoms with Crippen molar-refractivity contribution in [1.29, 1.82) is 0 Å². The van der Waals surface area contributed by atoms with E-state index in [2.05, 4.69) is 25.7 Å². The summed E-state index contributed by atoms with van der Waals surface area (Å²) in [7, 11) is 0. The van der Waals surface area contributed by atoms with E-state index < -0.39 is 0 Å². The SMILES string of the molecule is CCCCCCCCCCCCCCCCCC(=O)N1CCSC(C)C1CC. The zero-order chi connectivity index (χ0) is 20.5. The van der Waals surface area contributed by atoms with E-state index in [1.54, 1.807) is 0 Å². The first-order chi connectivity index (χ1) is 13.7. The molecule has 0 saturated carbocycles. The molecule has 28 heavy (non-hydrogen) atoms. The Labute approximate surface area is 181 Å². The van der Waals surface area contributed by atoms with Crippen molar-refractivity contribution >= 4 is 17.7 Å². The Hall–Kier alpha value is -0.180. The number of thioether (sulfide) groups is 1. The lowest BCUT2D eigenvalue weighted by atomic mass is 10.0. The fourth-order valence-electron chi connectivity index (χ4n) is 4.52. The van der Waals surface area contributed by atoms with Crippen LogP contribution in [0.25, 0.3) is 0 Å². The first-order valence-electron chi connectivity index (χ1n) is 12.6. The van der Waals surface area contributed by atoms with E-state index in [-0.39, 0.29) is 0 Å². The topological polar surface area (TPSA) is 20.3 Å². The normalized spacial score (nSPS) is 19.9. The molecule has 1 rings (SSSR count). The van der Waals surface area contributed by atoms with Crippen LogP contribution in [0.5, 0.6) is 0 Å². The van der Waals surface area contributed by atoms with Gasteiger partial charge in [-0.25, -0.2) is 0 Å². The molecule has 0 aromatic rings. The summed E-state index contributed by atoms with van der Waals surface area (Å²) in [5, 5.41) is 0.601. The van der Waals surface area contributed by atoms with Gasteiger partial charge in [0, 0.05) is 30.0 Å². The predicted octanol–water partition coefficient (Wildman–Crippen LogP) is 7.99. The lowest BCUT2D eigenvalue weighted by Crippen LogP contribution is -2.49. The van der Waals surface area contributed by atoms with Crippen LogP contribution in [-0.4, -0.2) is 34.4 Å². The monoisotopic (exact) mass is 411 g/mol. The van der Waals surface area contributed by atoms with Crippen LogP contribution in [0.3, 0.4) is 0 Å². The van der Waals surface area contributed by atoms with Crippen LogP contribution in [0, 0.1) is 0 Å². The summed E-state index contributed by atoms with van der Waals surface area (Å²) >= 11 is 2.03. The van der Waals surface area contributed by atoms with E-state index in [9.17, 15) is 4.79 Å². The van der Waals surface area contributed by atoms with Crippen LogP contribution in [0.4, 0.5) is 0 Å². The molecule has 1 aliphatic heterocycles. The number of amides is 1. The Bertz CT molecular complexity index is 374. The second-order valence-electron chi connectivity index (χ2n) is 8.84. The van der Waals surface area contributed by atoms with Gasteiger partial charge in [0.2, 0.25) is 5.91 Å². The summed E-state index contributed by atoms with van der Waals surface area (Å²) in [5.41, 5.74) is 0. The minimum atomic E-state index is 0.411. The van der Waals surface area contributed by atoms with E-state index in [4.69, 9.17) is 0 Å². The van der Waals surface area contributed by atoms with Gasteiger partial charge < -0.3 is 4.90 Å². The third-order valence-corrected chi connectivity index (χ3v) is 7.65. The number of nitrogens with zero attached hydrogens (tertiary/aromatic N) is 1. The first-order valence-corrected chi connectivity index (χ1v) is 13.7. The fraction of sp³-hybridized carbons (Fsp3) is 0.960. The largest absolute Gasteiger partial charge is 0.338 e. The van der Waals surface area contributed by atoms with Crippen LogP contribution in [0.15, 0.2) is 0 Å². The smallest absolute Gasteiger partial charge is 0.222 e. The van der Waals surface area contributed by atoms with E-state index in [0.717, 1.165) is 31.6 Å². The quantitative estimate of drug-likeness (QED) is 0.226. The Morgan fingerprint density at radius 2 is 1.25 bits per heavy atom. The third kappa shape index (κ3) is 11.7. The van der Waals surface area contributed by atoms with Crippen LogP contribution < -0.4 is 0 Å². The van der Waals surface area contributed by atoms with E-state index in [0.29, 0.717) is 17.2 Å². The summed E-state index contributed by atoms with van der Waals surface area (Å²) < 4.78 is 0. The second-order valence-corrected chi connectivity index (χ2v) is 10.3. The first kappa shape index (κ1) is 25.9. The minimum Gasteiger partial charge on any atom is -0.338 e. The highest BCUT2D eigenvalue weighted by Crippen LogP contribution is 2.27. The number of unbranched alkanes of at least 4 members (excludes halogenated alkanes) is 14. The predicted molar refractivity (Wildman–Crippen MR) is 127 cm³/mol. The van der Waals surface area contributed by atoms with Crippen LogP contribution in [0.1, 0.15) is 130 Å². The number of rotatable bonds is 17. The molecule has 0 aromatic carbocycles. The maximum atomic E-state index is 12.6. The van der Waals surface area contributed by atoms with Crippen molar-refractivity contribution in [2.24, 2.45) is 0 Å². The maximum absolute atomic E-state index is 12.6. The van der Waals surface area contributed by atoms with Gasteiger partial charge in [-0.1, -0.05) is 111 Å². The van der Waals surface area contributed by atoms with Gasteiger partial charge in [-0.2, -0.15) is 11.8 Å². The van der Waals surface area contributed by atoms with Crippen molar-refractivity contribution in [2.75, 3.05) is 12.3 Å². The molecule has 1 saturated heterocycles. The molecule has 2 unspecified atom stereocenters. The molecule has 3 heteroatoms. The number of carbonyl (C=O) groups is 1. The van der Waals surface area contributed by atoms with Gasteiger partial charge in [0.1, 0.15) is 0 Å². The molecule has 0 N–H and O–H groups in total. The third-order valence-electron chi connectivity index (χ3n) is 6.39. The molecule has 0 aromatic heterocycles. The zero-order valence-electron chi connectivity index (χ0n) is 19.4. The lowest BCUT2D eigenvalue weighted by molar-refractivity contribution is -0.133. The number of carbonyl (C=O) groups excluding carboxylic acids is 1. The average molecular weight is 412 g/mol. The van der Waals surface area contributed by atoms with Gasteiger partial charge in [-0.05, 0) is 12.8 Å². The van der Waals surface area contributed by atoms with Gasteiger partial charge in [0.25, 0.3) is 0 Å². The van der Waals surface area contributed by atoms with Crippen LogP contribution in [-0.2, 0) is 4.79 Å². The molecule has 1 heterocycles. The molecule has 166 valence electrons. The molecule has 0 aliphatic carbocycles. The van der Waals surface area contributed by atoms with Crippen molar-refractivity contribution in [3.05, 3.63) is 0 Å². The highest BCUT2D eigenvalue weighted by molar-refractivity contribution is 8.00. The summed E-state index contributed by atoms with van der Waals surface area (Å²) in [4.78, 5) is 14.7. The van der Waals surface area contributed by atoms with Gasteiger partial charge in [-0.15, -0.1) is 0 Å². The van der Waals surface area contributed by atoms with Gasteiger partial charge >= 0.3 is 0 Å². The maximum Gasteiger partial charge on any atom is 0.222 e. The minimum absolute atomic E-state index is 0.411. The Morgan fingerprint density at radius 1 is 0.786 bits per heavy atom. The summed E-state index contributed by atoms with van der Waals surface area (Å²) in [6, 6.07) is 0.461. The van der Waals surface area contributed by atoms with Crippen molar-refractivity contribution in [1.82, 2.24) is 4.90 Å². The van der Waals surface area contributed by atoms with E-state index in [1.165, 1.54) is 89.9 Å². The van der Waals surface area contributed by atoms with Crippen molar-refractivity contribution < 1.29 is 4.79 Å². The van der Waals surface area contributed by atoms with Crippen molar-refractivity contribution in [2.45, 2.75) is 141 Å². The summed E-state index contributed by atoms with van der Waals surface area (Å²) in [5.74, 6) is 1.52. The Morgan fingerprint density at radius 3 is 1.71 bits per heavy atom. The van der Waals surface area contributed by atoms with Crippen LogP contribution in [0.2, 0.25) is 0 Å². The standard InChI is InChI=1S/C25H49NOS/c1-4-6-7-8-9-10-11-12-13-14-15-16-17-18-19-20-25(27)26-21-22-28-23(3)24(26)5-2/h23-24H,4-22H2,1-3H3. The van der Waals surface area contributed by atoms with Gasteiger partial charge in [-0.3, -0.25) is 4.79 Å². The molecule has 0 bridgehead atoms. The zero-order valence-corrected chi connectivity index (χ0v) is 20.2. The molecular weight excluding hydrogens is 362 g/mol. The summed E-state index contributed by atoms with van der Waals surface area (Å²) in [6.07, 6.45) is 22.5. The molecule has 0 radical (unpaired) electrons. The second kappa shape index (κ2) is 17.7. The highest BCUT2D eigenvalue weighted by Gasteiger charge is 2.30. The van der Waals surface area contributed by atoms with Crippen molar-refractivity contribution in [3.63, 3.8) is 0 Å². The van der Waals surface area contributed by atoms with Crippen LogP contribution >= 0.6 is 11.8 Å². The molecular formula is C25H49NOS. The fourth-order valence-corrected chi connectivity index (χ4v) is 5.76. The molecule has 2 nitrogen and oxygen atoms in total. The molecule has 0 spiro atoms. The van der Waals surface area contributed by atoms with E-state index >= 15 is 0 Å².